The third-order valence-electron chi connectivity index (χ3n) is 6.62. The van der Waals surface area contributed by atoms with Crippen LogP contribution in [0.5, 0.6) is 5.75 Å². The number of benzene rings is 2. The summed E-state index contributed by atoms with van der Waals surface area (Å²) in [5, 5.41) is 5.78. The quantitative estimate of drug-likeness (QED) is 0.633. The molecule has 2 aromatic rings. The van der Waals surface area contributed by atoms with Crippen molar-refractivity contribution < 1.29 is 19.1 Å². The van der Waals surface area contributed by atoms with Gasteiger partial charge in [-0.2, -0.15) is 0 Å². The normalized spacial score (nSPS) is 20.0. The van der Waals surface area contributed by atoms with Crippen molar-refractivity contribution in [1.29, 1.82) is 0 Å². The molecule has 2 N–H and O–H groups in total. The molecule has 2 saturated heterocycles. The predicted octanol–water partition coefficient (Wildman–Crippen LogP) is 3.81. The largest absolute Gasteiger partial charge is 0.492 e. The fraction of sp³-hybridized carbons (Fsp3) is 0.444. The van der Waals surface area contributed by atoms with Gasteiger partial charge in [-0.05, 0) is 56.9 Å². The Kier molecular flexibility index (Phi) is 7.90. The van der Waals surface area contributed by atoms with Crippen LogP contribution in [0.25, 0.3) is 0 Å². The van der Waals surface area contributed by atoms with Gasteiger partial charge >= 0.3 is 6.03 Å². The van der Waals surface area contributed by atoms with Crippen molar-refractivity contribution in [2.75, 3.05) is 43.0 Å². The Morgan fingerprint density at radius 2 is 1.86 bits per heavy atom. The van der Waals surface area contributed by atoms with E-state index in [2.05, 4.69) is 10.6 Å². The van der Waals surface area contributed by atoms with Gasteiger partial charge in [-0.1, -0.05) is 29.8 Å². The van der Waals surface area contributed by atoms with Crippen LogP contribution in [-0.4, -0.2) is 55.5 Å². The molecular weight excluding hydrogens is 444 g/mol. The number of urea groups is 1. The first-order valence-corrected chi connectivity index (χ1v) is 12.4. The lowest BCUT2D eigenvalue weighted by Gasteiger charge is -2.34. The number of carbonyl (C=O) groups is 3. The smallest absolute Gasteiger partial charge is 0.319 e. The van der Waals surface area contributed by atoms with E-state index in [1.807, 2.05) is 67.3 Å². The van der Waals surface area contributed by atoms with Gasteiger partial charge in [0.15, 0.2) is 0 Å². The molecule has 0 radical (unpaired) electrons. The summed E-state index contributed by atoms with van der Waals surface area (Å²) >= 11 is 0. The Bertz CT molecular complexity index is 1060. The highest BCUT2D eigenvalue weighted by Crippen LogP contribution is 2.34. The number of aryl methyl sites for hydroxylation is 1. The number of nitrogens with zero attached hydrogens (tertiary/aromatic N) is 2. The minimum Gasteiger partial charge on any atom is -0.492 e. The molecular formula is C27H34N4O4. The number of hydrogen-bond donors (Lipinski definition) is 2. The average molecular weight is 479 g/mol. The first-order valence-electron chi connectivity index (χ1n) is 12.4. The molecule has 2 heterocycles. The van der Waals surface area contributed by atoms with Gasteiger partial charge in [0.2, 0.25) is 11.8 Å². The number of amides is 4. The minimum atomic E-state index is -0.367. The average Bonchev–Trinajstić information content (AvgIpc) is 3.26. The number of piperidine rings is 1. The van der Waals surface area contributed by atoms with Crippen molar-refractivity contribution in [3.8, 4) is 5.75 Å². The molecule has 8 heteroatoms. The van der Waals surface area contributed by atoms with Crippen LogP contribution in [0.2, 0.25) is 0 Å². The highest BCUT2D eigenvalue weighted by Gasteiger charge is 2.39. The highest BCUT2D eigenvalue weighted by molar-refractivity contribution is 6.01. The Hall–Kier alpha value is -3.55. The first kappa shape index (κ1) is 24.6. The Morgan fingerprint density at radius 1 is 1.09 bits per heavy atom. The van der Waals surface area contributed by atoms with Gasteiger partial charge in [0, 0.05) is 38.3 Å². The van der Waals surface area contributed by atoms with Crippen molar-refractivity contribution in [2.24, 2.45) is 11.8 Å². The van der Waals surface area contributed by atoms with Crippen LogP contribution in [-0.2, 0) is 9.59 Å². The van der Waals surface area contributed by atoms with Crippen molar-refractivity contribution in [3.05, 3.63) is 54.1 Å². The summed E-state index contributed by atoms with van der Waals surface area (Å²) in [7, 11) is 0. The maximum atomic E-state index is 13.3. The molecule has 0 spiro atoms. The molecule has 0 aliphatic carbocycles. The summed E-state index contributed by atoms with van der Waals surface area (Å²) < 4.78 is 5.68. The number of para-hydroxylation sites is 2. The summed E-state index contributed by atoms with van der Waals surface area (Å²) in [6, 6.07) is 14.8. The summed E-state index contributed by atoms with van der Waals surface area (Å²) in [5.74, 6) is 0.434. The van der Waals surface area contributed by atoms with E-state index < -0.39 is 0 Å². The molecule has 2 aliphatic heterocycles. The summed E-state index contributed by atoms with van der Waals surface area (Å²) in [4.78, 5) is 41.9. The molecule has 0 bridgehead atoms. The van der Waals surface area contributed by atoms with Gasteiger partial charge in [0.1, 0.15) is 5.75 Å². The van der Waals surface area contributed by atoms with Crippen LogP contribution in [0.4, 0.5) is 16.2 Å². The van der Waals surface area contributed by atoms with Gasteiger partial charge in [-0.15, -0.1) is 0 Å². The zero-order chi connectivity index (χ0) is 24.8. The zero-order valence-electron chi connectivity index (χ0n) is 20.5. The van der Waals surface area contributed by atoms with Crippen molar-refractivity contribution in [1.82, 2.24) is 10.2 Å². The van der Waals surface area contributed by atoms with E-state index >= 15 is 0 Å². The monoisotopic (exact) mass is 478 g/mol. The minimum absolute atomic E-state index is 0.0172. The molecule has 2 aromatic carbocycles. The standard InChI is InChI=1S/C27H34N4O4/c1-3-35-24-9-5-4-8-23(24)31-18-21(15-25(31)32)26(33)30-14-6-7-20(17-30)16-28-27(34)29-22-12-10-19(2)11-13-22/h4-5,8-13,20-21H,3,6-7,14-18H2,1-2H3,(H2,28,29,34). The second kappa shape index (κ2) is 11.3. The van der Waals surface area contributed by atoms with Crippen LogP contribution in [0.3, 0.4) is 0 Å². The molecule has 0 aromatic heterocycles. The maximum absolute atomic E-state index is 13.3. The van der Waals surface area contributed by atoms with Crippen molar-refractivity contribution in [2.45, 2.75) is 33.1 Å². The summed E-state index contributed by atoms with van der Waals surface area (Å²) in [5.41, 5.74) is 2.60. The van der Waals surface area contributed by atoms with Crippen LogP contribution >= 0.6 is 0 Å². The summed E-state index contributed by atoms with van der Waals surface area (Å²) in [6.45, 7) is 6.54. The molecule has 0 saturated carbocycles. The lowest BCUT2D eigenvalue weighted by atomic mass is 9.96. The van der Waals surface area contributed by atoms with Crippen molar-refractivity contribution >= 4 is 29.2 Å². The third-order valence-corrected chi connectivity index (χ3v) is 6.62. The molecule has 2 aliphatic rings. The van der Waals surface area contributed by atoms with Gasteiger partial charge in [0.25, 0.3) is 0 Å². The number of carbonyl (C=O) groups excluding carboxylic acids is 3. The molecule has 2 fully saturated rings. The van der Waals surface area contributed by atoms with E-state index in [1.54, 1.807) is 4.90 Å². The Balaban J connectivity index is 1.30. The highest BCUT2D eigenvalue weighted by atomic mass is 16.5. The van der Waals surface area contributed by atoms with Gasteiger partial charge < -0.3 is 25.2 Å². The predicted molar refractivity (Wildman–Crippen MR) is 136 cm³/mol. The van der Waals surface area contributed by atoms with Gasteiger partial charge in [-0.25, -0.2) is 4.79 Å². The number of ether oxygens (including phenoxy) is 1. The van der Waals surface area contributed by atoms with E-state index in [1.165, 1.54) is 0 Å². The van der Waals surface area contributed by atoms with Gasteiger partial charge in [0.05, 0.1) is 18.2 Å². The van der Waals surface area contributed by atoms with Crippen molar-refractivity contribution in [3.63, 3.8) is 0 Å². The third kappa shape index (κ3) is 6.12. The maximum Gasteiger partial charge on any atom is 0.319 e. The molecule has 2 unspecified atom stereocenters. The van der Waals surface area contributed by atoms with E-state index in [4.69, 9.17) is 4.74 Å². The zero-order valence-corrected chi connectivity index (χ0v) is 20.5. The Morgan fingerprint density at radius 3 is 2.63 bits per heavy atom. The first-order chi connectivity index (χ1) is 16.9. The van der Waals surface area contributed by atoms with E-state index in [-0.39, 0.29) is 36.1 Å². The topological polar surface area (TPSA) is 91.0 Å². The lowest BCUT2D eigenvalue weighted by molar-refractivity contribution is -0.137. The summed E-state index contributed by atoms with van der Waals surface area (Å²) in [6.07, 6.45) is 2.04. The molecule has 4 amide bonds. The van der Waals surface area contributed by atoms with Crippen LogP contribution < -0.4 is 20.3 Å². The molecule has 8 nitrogen and oxygen atoms in total. The number of nitrogens with one attached hydrogen (secondary N) is 2. The molecule has 35 heavy (non-hydrogen) atoms. The molecule has 186 valence electrons. The van der Waals surface area contributed by atoms with E-state index in [9.17, 15) is 14.4 Å². The number of anilines is 2. The van der Waals surface area contributed by atoms with E-state index in [0.29, 0.717) is 38.5 Å². The second-order valence-corrected chi connectivity index (χ2v) is 9.30. The van der Waals surface area contributed by atoms with Gasteiger partial charge in [-0.3, -0.25) is 9.59 Å². The SMILES string of the molecule is CCOc1ccccc1N1CC(C(=O)N2CCCC(CNC(=O)Nc3ccc(C)cc3)C2)CC1=O. The molecule has 4 rings (SSSR count). The van der Waals surface area contributed by atoms with Crippen LogP contribution in [0.15, 0.2) is 48.5 Å². The number of likely N-dealkylation sites (tertiary alicyclic amines) is 1. The fourth-order valence-electron chi connectivity index (χ4n) is 4.80. The van der Waals surface area contributed by atoms with Crippen LogP contribution in [0, 0.1) is 18.8 Å². The second-order valence-electron chi connectivity index (χ2n) is 9.30. The number of hydrogen-bond acceptors (Lipinski definition) is 4. The van der Waals surface area contributed by atoms with Crippen LogP contribution in [0.1, 0.15) is 31.7 Å². The number of rotatable bonds is 7. The Labute approximate surface area is 206 Å². The lowest BCUT2D eigenvalue weighted by Crippen LogP contribution is -2.46. The molecule has 2 atom stereocenters. The van der Waals surface area contributed by atoms with E-state index in [0.717, 1.165) is 29.8 Å². The fourth-order valence-corrected chi connectivity index (χ4v) is 4.80.